The topological polar surface area (TPSA) is 32.3 Å². The van der Waals surface area contributed by atoms with Crippen LogP contribution in [0.4, 0.5) is 0 Å². The smallest absolute Gasteiger partial charge is 0.222 e. The third-order valence-electron chi connectivity index (χ3n) is 5.23. The van der Waals surface area contributed by atoms with Crippen molar-refractivity contribution in [3.05, 3.63) is 35.4 Å². The van der Waals surface area contributed by atoms with E-state index in [1.807, 2.05) is 11.9 Å². The molecule has 3 heteroatoms. The minimum atomic E-state index is 0.304. The Labute approximate surface area is 141 Å². The van der Waals surface area contributed by atoms with Crippen LogP contribution in [-0.4, -0.2) is 37.0 Å². The fourth-order valence-electron chi connectivity index (χ4n) is 3.43. The molecule has 128 valence electrons. The highest BCUT2D eigenvalue weighted by molar-refractivity contribution is 5.76. The summed E-state index contributed by atoms with van der Waals surface area (Å²) in [5.41, 5.74) is 2.61. The number of hydrogen-bond acceptors (Lipinski definition) is 2. The standard InChI is InChI=1S/C20H32N2O/c1-4-19(15-18-7-5-16(2)6-8-18)22(3)20(23)10-9-17-11-13-21-14-12-17/h5-8,17,19,21H,4,9-15H2,1-3H3. The summed E-state index contributed by atoms with van der Waals surface area (Å²) in [7, 11) is 1.98. The molecule has 3 nitrogen and oxygen atoms in total. The van der Waals surface area contributed by atoms with E-state index in [2.05, 4.69) is 43.4 Å². The number of carbonyl (C=O) groups is 1. The molecular weight excluding hydrogens is 284 g/mol. The largest absolute Gasteiger partial charge is 0.342 e. The highest BCUT2D eigenvalue weighted by atomic mass is 16.2. The molecule has 1 aromatic carbocycles. The lowest BCUT2D eigenvalue weighted by Crippen LogP contribution is -2.38. The molecular formula is C20H32N2O. The number of amides is 1. The summed E-state index contributed by atoms with van der Waals surface area (Å²) in [6.07, 6.45) is 6.14. The van der Waals surface area contributed by atoms with E-state index in [0.717, 1.165) is 38.3 Å². The minimum Gasteiger partial charge on any atom is -0.342 e. The van der Waals surface area contributed by atoms with Gasteiger partial charge in [-0.1, -0.05) is 36.8 Å². The molecule has 1 N–H and O–H groups in total. The zero-order chi connectivity index (χ0) is 16.7. The van der Waals surface area contributed by atoms with Crippen molar-refractivity contribution in [2.24, 2.45) is 5.92 Å². The SMILES string of the molecule is CCC(Cc1ccc(C)cc1)N(C)C(=O)CCC1CCNCC1. The van der Waals surface area contributed by atoms with Crippen LogP contribution in [0.3, 0.4) is 0 Å². The number of hydrogen-bond donors (Lipinski definition) is 1. The fourth-order valence-corrected chi connectivity index (χ4v) is 3.43. The molecule has 0 saturated carbocycles. The van der Waals surface area contributed by atoms with Gasteiger partial charge in [0.2, 0.25) is 5.91 Å². The number of rotatable bonds is 7. The molecule has 1 heterocycles. The van der Waals surface area contributed by atoms with Gasteiger partial charge >= 0.3 is 0 Å². The molecule has 0 spiro atoms. The second-order valence-corrected chi connectivity index (χ2v) is 6.99. The van der Waals surface area contributed by atoms with Crippen molar-refractivity contribution in [2.75, 3.05) is 20.1 Å². The molecule has 1 amide bonds. The van der Waals surface area contributed by atoms with Gasteiger partial charge < -0.3 is 10.2 Å². The van der Waals surface area contributed by atoms with Gasteiger partial charge in [-0.15, -0.1) is 0 Å². The lowest BCUT2D eigenvalue weighted by Gasteiger charge is -2.29. The third-order valence-corrected chi connectivity index (χ3v) is 5.23. The number of benzene rings is 1. The maximum atomic E-state index is 12.5. The lowest BCUT2D eigenvalue weighted by molar-refractivity contribution is -0.132. The first-order valence-electron chi connectivity index (χ1n) is 9.12. The molecule has 1 atom stereocenters. The predicted octanol–water partition coefficient (Wildman–Crippen LogP) is 3.55. The van der Waals surface area contributed by atoms with Crippen molar-refractivity contribution in [2.45, 2.75) is 58.4 Å². The van der Waals surface area contributed by atoms with Crippen molar-refractivity contribution >= 4 is 5.91 Å². The maximum Gasteiger partial charge on any atom is 0.222 e. The average Bonchev–Trinajstić information content (AvgIpc) is 2.59. The molecule has 1 aromatic rings. The van der Waals surface area contributed by atoms with Crippen molar-refractivity contribution in [1.29, 1.82) is 0 Å². The van der Waals surface area contributed by atoms with E-state index in [9.17, 15) is 4.79 Å². The Bertz CT molecular complexity index is 477. The number of nitrogens with one attached hydrogen (secondary N) is 1. The van der Waals surface area contributed by atoms with Gasteiger partial charge in [0, 0.05) is 19.5 Å². The minimum absolute atomic E-state index is 0.304. The first kappa shape index (κ1) is 18.0. The third kappa shape index (κ3) is 5.65. The van der Waals surface area contributed by atoms with Crippen LogP contribution in [0.15, 0.2) is 24.3 Å². The van der Waals surface area contributed by atoms with Crippen molar-refractivity contribution < 1.29 is 4.79 Å². The lowest BCUT2D eigenvalue weighted by atomic mass is 9.92. The van der Waals surface area contributed by atoms with E-state index in [0.29, 0.717) is 18.4 Å². The van der Waals surface area contributed by atoms with E-state index in [1.165, 1.54) is 24.0 Å². The van der Waals surface area contributed by atoms with Gasteiger partial charge in [0.05, 0.1) is 0 Å². The van der Waals surface area contributed by atoms with Crippen LogP contribution in [0.1, 0.15) is 50.2 Å². The number of likely N-dealkylation sites (N-methyl/N-ethyl adjacent to an activating group) is 1. The molecule has 1 unspecified atom stereocenters. The summed E-state index contributed by atoms with van der Waals surface area (Å²) in [6.45, 7) is 6.51. The monoisotopic (exact) mass is 316 g/mol. The maximum absolute atomic E-state index is 12.5. The second kappa shape index (κ2) is 9.07. The highest BCUT2D eigenvalue weighted by Gasteiger charge is 2.20. The molecule has 23 heavy (non-hydrogen) atoms. The second-order valence-electron chi connectivity index (χ2n) is 6.99. The zero-order valence-corrected chi connectivity index (χ0v) is 15.0. The van der Waals surface area contributed by atoms with Crippen LogP contribution < -0.4 is 5.32 Å². The van der Waals surface area contributed by atoms with Crippen molar-refractivity contribution in [3.8, 4) is 0 Å². The number of aryl methyl sites for hydroxylation is 1. The fraction of sp³-hybridized carbons (Fsp3) is 0.650. The molecule has 1 aliphatic rings. The van der Waals surface area contributed by atoms with Crippen LogP contribution in [0.25, 0.3) is 0 Å². The van der Waals surface area contributed by atoms with Gasteiger partial charge in [-0.3, -0.25) is 4.79 Å². The summed E-state index contributed by atoms with van der Waals surface area (Å²) in [6, 6.07) is 8.98. The van der Waals surface area contributed by atoms with E-state index < -0.39 is 0 Å². The van der Waals surface area contributed by atoms with Crippen LogP contribution in [-0.2, 0) is 11.2 Å². The van der Waals surface area contributed by atoms with E-state index in [-0.39, 0.29) is 0 Å². The molecule has 1 saturated heterocycles. The Hall–Kier alpha value is -1.35. The summed E-state index contributed by atoms with van der Waals surface area (Å²) in [4.78, 5) is 14.5. The normalized spacial score (nSPS) is 17.0. The molecule has 0 aromatic heterocycles. The Kier molecular flexibility index (Phi) is 7.10. The van der Waals surface area contributed by atoms with Crippen LogP contribution >= 0.6 is 0 Å². The zero-order valence-electron chi connectivity index (χ0n) is 15.0. The van der Waals surface area contributed by atoms with Crippen LogP contribution in [0.2, 0.25) is 0 Å². The van der Waals surface area contributed by atoms with Gasteiger partial charge in [-0.2, -0.15) is 0 Å². The molecule has 0 aliphatic carbocycles. The van der Waals surface area contributed by atoms with Crippen molar-refractivity contribution in [3.63, 3.8) is 0 Å². The Morgan fingerprint density at radius 2 is 1.91 bits per heavy atom. The summed E-state index contributed by atoms with van der Waals surface area (Å²) in [5.74, 6) is 1.04. The predicted molar refractivity (Wildman–Crippen MR) is 96.6 cm³/mol. The summed E-state index contributed by atoms with van der Waals surface area (Å²) in [5, 5.41) is 3.39. The molecule has 0 radical (unpaired) electrons. The van der Waals surface area contributed by atoms with Crippen molar-refractivity contribution in [1.82, 2.24) is 10.2 Å². The summed E-state index contributed by atoms with van der Waals surface area (Å²) >= 11 is 0. The first-order valence-corrected chi connectivity index (χ1v) is 9.12. The van der Waals surface area contributed by atoms with E-state index >= 15 is 0 Å². The molecule has 1 aliphatic heterocycles. The quantitative estimate of drug-likeness (QED) is 0.834. The molecule has 0 bridgehead atoms. The highest BCUT2D eigenvalue weighted by Crippen LogP contribution is 2.19. The first-order chi connectivity index (χ1) is 11.1. The Balaban J connectivity index is 1.83. The van der Waals surface area contributed by atoms with E-state index in [4.69, 9.17) is 0 Å². The number of piperidine rings is 1. The molecule has 1 fully saturated rings. The molecule has 2 rings (SSSR count). The van der Waals surface area contributed by atoms with Crippen LogP contribution in [0, 0.1) is 12.8 Å². The summed E-state index contributed by atoms with van der Waals surface area (Å²) < 4.78 is 0. The number of nitrogens with zero attached hydrogens (tertiary/aromatic N) is 1. The van der Waals surface area contributed by atoms with Gasteiger partial charge in [-0.25, -0.2) is 0 Å². The van der Waals surface area contributed by atoms with E-state index in [1.54, 1.807) is 0 Å². The Morgan fingerprint density at radius 3 is 2.52 bits per heavy atom. The average molecular weight is 316 g/mol. The van der Waals surface area contributed by atoms with Gasteiger partial charge in [0.25, 0.3) is 0 Å². The van der Waals surface area contributed by atoms with Gasteiger partial charge in [0.15, 0.2) is 0 Å². The number of carbonyl (C=O) groups excluding carboxylic acids is 1. The van der Waals surface area contributed by atoms with Gasteiger partial charge in [0.1, 0.15) is 0 Å². The van der Waals surface area contributed by atoms with Gasteiger partial charge in [-0.05, 0) is 63.6 Å². The Morgan fingerprint density at radius 1 is 1.26 bits per heavy atom. The van der Waals surface area contributed by atoms with Crippen LogP contribution in [0.5, 0.6) is 0 Å².